The second-order valence-corrected chi connectivity index (χ2v) is 8.03. The van der Waals surface area contributed by atoms with Crippen molar-refractivity contribution in [1.29, 1.82) is 0 Å². The van der Waals surface area contributed by atoms with Crippen molar-refractivity contribution < 1.29 is 29.2 Å². The monoisotopic (exact) mass is 450 g/mol. The van der Waals surface area contributed by atoms with Crippen molar-refractivity contribution in [3.8, 4) is 0 Å². The van der Waals surface area contributed by atoms with Gasteiger partial charge in [-0.3, -0.25) is 0 Å². The van der Waals surface area contributed by atoms with E-state index in [1.807, 2.05) is 91.0 Å². The Morgan fingerprint density at radius 1 is 0.576 bits per heavy atom. The first kappa shape index (κ1) is 23.6. The van der Waals surface area contributed by atoms with Crippen molar-refractivity contribution in [3.05, 3.63) is 108 Å². The maximum absolute atomic E-state index is 10.7. The summed E-state index contributed by atoms with van der Waals surface area (Å²) >= 11 is 0. The molecule has 3 aromatic rings. The van der Waals surface area contributed by atoms with E-state index >= 15 is 0 Å². The van der Waals surface area contributed by atoms with Crippen molar-refractivity contribution in [1.82, 2.24) is 0 Å². The first-order valence-electron chi connectivity index (χ1n) is 11.2. The van der Waals surface area contributed by atoms with Gasteiger partial charge in [0, 0.05) is 0 Å². The SMILES string of the molecule is OCC1O[C@H](O)C(OCc2ccccc2)C(OCc2ccccc2)[C@@H]1OCc1ccccc1. The van der Waals surface area contributed by atoms with Gasteiger partial charge in [0.2, 0.25) is 0 Å². The fourth-order valence-corrected chi connectivity index (χ4v) is 3.91. The van der Waals surface area contributed by atoms with Gasteiger partial charge < -0.3 is 29.2 Å². The van der Waals surface area contributed by atoms with E-state index in [1.54, 1.807) is 0 Å². The second-order valence-electron chi connectivity index (χ2n) is 8.03. The van der Waals surface area contributed by atoms with Crippen LogP contribution in [0.5, 0.6) is 0 Å². The number of ether oxygens (including phenoxy) is 4. The molecule has 1 heterocycles. The maximum atomic E-state index is 10.7. The minimum absolute atomic E-state index is 0.284. The quantitative estimate of drug-likeness (QED) is 0.493. The fraction of sp³-hybridized carbons (Fsp3) is 0.333. The molecule has 0 amide bonds. The fourth-order valence-electron chi connectivity index (χ4n) is 3.91. The van der Waals surface area contributed by atoms with Crippen LogP contribution in [-0.4, -0.2) is 47.5 Å². The third kappa shape index (κ3) is 6.48. The first-order chi connectivity index (χ1) is 16.2. The zero-order valence-corrected chi connectivity index (χ0v) is 18.4. The number of benzene rings is 3. The largest absolute Gasteiger partial charge is 0.394 e. The summed E-state index contributed by atoms with van der Waals surface area (Å²) < 4.78 is 24.3. The van der Waals surface area contributed by atoms with E-state index in [9.17, 15) is 10.2 Å². The number of hydrogen-bond donors (Lipinski definition) is 2. The van der Waals surface area contributed by atoms with E-state index < -0.39 is 30.7 Å². The van der Waals surface area contributed by atoms with Crippen LogP contribution in [0.4, 0.5) is 0 Å². The molecule has 1 saturated heterocycles. The normalized spacial score (nSPS) is 25.1. The Hall–Kier alpha value is -2.58. The highest BCUT2D eigenvalue weighted by Crippen LogP contribution is 2.29. The van der Waals surface area contributed by atoms with Gasteiger partial charge in [-0.25, -0.2) is 0 Å². The van der Waals surface area contributed by atoms with Crippen LogP contribution >= 0.6 is 0 Å². The molecular weight excluding hydrogens is 420 g/mol. The molecule has 0 bridgehead atoms. The van der Waals surface area contributed by atoms with Crippen molar-refractivity contribution in [2.45, 2.75) is 50.5 Å². The molecule has 4 rings (SSSR count). The highest BCUT2D eigenvalue weighted by Gasteiger charge is 2.47. The molecule has 3 unspecified atom stereocenters. The van der Waals surface area contributed by atoms with Gasteiger partial charge in [0.05, 0.1) is 26.4 Å². The molecule has 0 radical (unpaired) electrons. The van der Waals surface area contributed by atoms with Crippen LogP contribution < -0.4 is 0 Å². The topological polar surface area (TPSA) is 77.4 Å². The average molecular weight is 451 g/mol. The smallest absolute Gasteiger partial charge is 0.184 e. The highest BCUT2D eigenvalue weighted by atomic mass is 16.7. The van der Waals surface area contributed by atoms with Crippen LogP contribution in [0.3, 0.4) is 0 Å². The van der Waals surface area contributed by atoms with E-state index in [4.69, 9.17) is 18.9 Å². The molecule has 6 heteroatoms. The zero-order chi connectivity index (χ0) is 22.9. The predicted molar refractivity (Wildman–Crippen MR) is 123 cm³/mol. The minimum Gasteiger partial charge on any atom is -0.394 e. The number of rotatable bonds is 10. The summed E-state index contributed by atoms with van der Waals surface area (Å²) in [5.41, 5.74) is 2.95. The van der Waals surface area contributed by atoms with Gasteiger partial charge in [-0.2, -0.15) is 0 Å². The van der Waals surface area contributed by atoms with E-state index in [2.05, 4.69) is 0 Å². The van der Waals surface area contributed by atoms with Gasteiger partial charge in [0.15, 0.2) is 6.29 Å². The highest BCUT2D eigenvalue weighted by molar-refractivity contribution is 5.15. The molecule has 6 nitrogen and oxygen atoms in total. The van der Waals surface area contributed by atoms with Gasteiger partial charge in [0.25, 0.3) is 0 Å². The molecule has 0 aliphatic carbocycles. The molecule has 5 atom stereocenters. The lowest BCUT2D eigenvalue weighted by Gasteiger charge is -2.44. The summed E-state index contributed by atoms with van der Waals surface area (Å²) in [6.07, 6.45) is -4.09. The zero-order valence-electron chi connectivity index (χ0n) is 18.4. The Kier molecular flexibility index (Phi) is 8.60. The Morgan fingerprint density at radius 3 is 1.39 bits per heavy atom. The van der Waals surface area contributed by atoms with Gasteiger partial charge in [-0.15, -0.1) is 0 Å². The molecule has 1 aliphatic heterocycles. The van der Waals surface area contributed by atoms with Gasteiger partial charge in [-0.1, -0.05) is 91.0 Å². The molecule has 3 aromatic carbocycles. The van der Waals surface area contributed by atoms with E-state index in [0.29, 0.717) is 13.2 Å². The third-order valence-corrected chi connectivity index (χ3v) is 5.65. The summed E-state index contributed by atoms with van der Waals surface area (Å²) in [6.45, 7) is 0.601. The minimum atomic E-state index is -1.26. The summed E-state index contributed by atoms with van der Waals surface area (Å²) in [5, 5.41) is 20.7. The standard InChI is InChI=1S/C27H30O6/c28-16-23-24(30-17-20-10-4-1-5-11-20)25(31-18-21-12-6-2-7-13-21)26(27(29)33-23)32-19-22-14-8-3-9-15-22/h1-15,23-29H,16-19H2/t23?,24-,25?,26?,27+/m1/s1. The lowest BCUT2D eigenvalue weighted by atomic mass is 9.98. The molecule has 1 fully saturated rings. The summed E-state index contributed by atoms with van der Waals surface area (Å²) in [4.78, 5) is 0. The molecule has 0 aromatic heterocycles. The van der Waals surface area contributed by atoms with Crippen LogP contribution in [0.15, 0.2) is 91.0 Å². The van der Waals surface area contributed by atoms with Gasteiger partial charge in [-0.05, 0) is 16.7 Å². The van der Waals surface area contributed by atoms with Crippen LogP contribution in [-0.2, 0) is 38.8 Å². The lowest BCUT2D eigenvalue weighted by Crippen LogP contribution is -2.61. The molecule has 1 aliphatic rings. The summed E-state index contributed by atoms with van der Waals surface area (Å²) in [5.74, 6) is 0. The number of hydrogen-bond acceptors (Lipinski definition) is 6. The molecular formula is C27H30O6. The Bertz CT molecular complexity index is 937. The average Bonchev–Trinajstić information content (AvgIpc) is 2.87. The molecule has 33 heavy (non-hydrogen) atoms. The van der Waals surface area contributed by atoms with E-state index in [-0.39, 0.29) is 13.2 Å². The van der Waals surface area contributed by atoms with Gasteiger partial charge in [0.1, 0.15) is 24.4 Å². The lowest BCUT2D eigenvalue weighted by molar-refractivity contribution is -0.315. The summed E-state index contributed by atoms with van der Waals surface area (Å²) in [6, 6.07) is 29.3. The molecule has 2 N–H and O–H groups in total. The molecule has 0 spiro atoms. The Morgan fingerprint density at radius 2 is 0.970 bits per heavy atom. The predicted octanol–water partition coefficient (Wildman–Crippen LogP) is 3.45. The van der Waals surface area contributed by atoms with Gasteiger partial charge >= 0.3 is 0 Å². The Labute approximate surface area is 194 Å². The molecule has 174 valence electrons. The number of aliphatic hydroxyl groups is 2. The van der Waals surface area contributed by atoms with E-state index in [1.165, 1.54) is 0 Å². The van der Waals surface area contributed by atoms with Crippen LogP contribution in [0.1, 0.15) is 16.7 Å². The first-order valence-corrected chi connectivity index (χ1v) is 11.2. The van der Waals surface area contributed by atoms with Crippen molar-refractivity contribution in [3.63, 3.8) is 0 Å². The number of aliphatic hydroxyl groups excluding tert-OH is 2. The Balaban J connectivity index is 1.53. The maximum Gasteiger partial charge on any atom is 0.184 e. The second kappa shape index (κ2) is 12.0. The van der Waals surface area contributed by atoms with Crippen molar-refractivity contribution in [2.24, 2.45) is 0 Å². The van der Waals surface area contributed by atoms with E-state index in [0.717, 1.165) is 16.7 Å². The molecule has 0 saturated carbocycles. The van der Waals surface area contributed by atoms with Crippen LogP contribution in [0.25, 0.3) is 0 Å². The third-order valence-electron chi connectivity index (χ3n) is 5.65. The van der Waals surface area contributed by atoms with Crippen molar-refractivity contribution >= 4 is 0 Å². The van der Waals surface area contributed by atoms with Crippen molar-refractivity contribution in [2.75, 3.05) is 6.61 Å². The summed E-state index contributed by atoms with van der Waals surface area (Å²) in [7, 11) is 0. The van der Waals surface area contributed by atoms with Crippen LogP contribution in [0.2, 0.25) is 0 Å². The van der Waals surface area contributed by atoms with Crippen LogP contribution in [0, 0.1) is 0 Å².